The van der Waals surface area contributed by atoms with Gasteiger partial charge in [-0.15, -0.1) is 0 Å². The molecule has 0 spiro atoms. The predicted octanol–water partition coefficient (Wildman–Crippen LogP) is 5.36. The Morgan fingerprint density at radius 2 is 1.65 bits per heavy atom. The summed E-state index contributed by atoms with van der Waals surface area (Å²) in [6.45, 7) is 2.04. The number of anilines is 2. The molecule has 0 amide bonds. The number of rotatable bonds is 4. The van der Waals surface area contributed by atoms with Gasteiger partial charge in [0.05, 0.1) is 0 Å². The number of aryl methyl sites for hydroxylation is 1. The van der Waals surface area contributed by atoms with E-state index in [1.54, 1.807) is 18.2 Å². The summed E-state index contributed by atoms with van der Waals surface area (Å²) in [6.07, 6.45) is 0.811. The van der Waals surface area contributed by atoms with Crippen LogP contribution in [-0.4, -0.2) is 6.29 Å². The highest BCUT2D eigenvalue weighted by Gasteiger charge is 2.06. The van der Waals surface area contributed by atoms with Crippen LogP contribution in [0.4, 0.5) is 15.8 Å². The lowest BCUT2D eigenvalue weighted by molar-refractivity contribution is 0.112. The zero-order valence-electron chi connectivity index (χ0n) is 12.7. The second-order valence-corrected chi connectivity index (χ2v) is 5.42. The fraction of sp³-hybridized carbons (Fsp3) is 0.0500. The molecular weight excluding hydrogens is 289 g/mol. The molecule has 0 heterocycles. The molecule has 0 aromatic heterocycles. The average molecular weight is 305 g/mol. The van der Waals surface area contributed by atoms with Crippen molar-refractivity contribution in [2.24, 2.45) is 0 Å². The van der Waals surface area contributed by atoms with Crippen molar-refractivity contribution in [3.05, 3.63) is 83.7 Å². The highest BCUT2D eigenvalue weighted by molar-refractivity contribution is 5.88. The van der Waals surface area contributed by atoms with Crippen molar-refractivity contribution in [1.29, 1.82) is 0 Å². The van der Waals surface area contributed by atoms with E-state index in [0.29, 0.717) is 11.3 Å². The maximum absolute atomic E-state index is 13.0. The number of hydrogen-bond donors (Lipinski definition) is 1. The first-order chi connectivity index (χ1) is 11.2. The van der Waals surface area contributed by atoms with E-state index in [9.17, 15) is 9.18 Å². The lowest BCUT2D eigenvalue weighted by atomic mass is 10.0. The predicted molar refractivity (Wildman–Crippen MR) is 91.7 cm³/mol. The Bertz CT molecular complexity index is 841. The molecule has 0 aliphatic rings. The van der Waals surface area contributed by atoms with Crippen molar-refractivity contribution in [3.8, 4) is 11.1 Å². The van der Waals surface area contributed by atoms with Gasteiger partial charge >= 0.3 is 0 Å². The number of carbonyl (C=O) groups excluding carboxylic acids is 1. The minimum atomic E-state index is -0.292. The van der Waals surface area contributed by atoms with Gasteiger partial charge < -0.3 is 5.32 Å². The minimum absolute atomic E-state index is 0.292. The second kappa shape index (κ2) is 6.44. The summed E-state index contributed by atoms with van der Waals surface area (Å²) in [5.41, 5.74) is 5.27. The van der Waals surface area contributed by atoms with Crippen LogP contribution in [0.3, 0.4) is 0 Å². The van der Waals surface area contributed by atoms with Gasteiger partial charge in [-0.25, -0.2) is 4.39 Å². The molecule has 0 unspecified atom stereocenters. The van der Waals surface area contributed by atoms with E-state index in [0.717, 1.165) is 23.1 Å². The molecule has 114 valence electrons. The van der Waals surface area contributed by atoms with Gasteiger partial charge in [-0.2, -0.15) is 0 Å². The molecule has 0 atom stereocenters. The fourth-order valence-corrected chi connectivity index (χ4v) is 2.46. The highest BCUT2D eigenvalue weighted by atomic mass is 19.1. The maximum atomic E-state index is 13.0. The zero-order valence-corrected chi connectivity index (χ0v) is 12.7. The summed E-state index contributed by atoms with van der Waals surface area (Å²) in [4.78, 5) is 11.3. The van der Waals surface area contributed by atoms with Crippen molar-refractivity contribution >= 4 is 17.7 Å². The molecule has 0 radical (unpaired) electrons. The van der Waals surface area contributed by atoms with Crippen LogP contribution in [0.15, 0.2) is 66.7 Å². The summed E-state index contributed by atoms with van der Waals surface area (Å²) < 4.78 is 13.0. The van der Waals surface area contributed by atoms with Gasteiger partial charge in [0, 0.05) is 16.9 Å². The number of halogens is 1. The number of nitrogens with one attached hydrogen (secondary N) is 1. The summed E-state index contributed by atoms with van der Waals surface area (Å²) in [7, 11) is 0. The largest absolute Gasteiger partial charge is 0.355 e. The van der Waals surface area contributed by atoms with Crippen molar-refractivity contribution in [2.75, 3.05) is 5.32 Å². The average Bonchev–Trinajstić information content (AvgIpc) is 2.57. The first-order valence-electron chi connectivity index (χ1n) is 7.34. The third kappa shape index (κ3) is 3.46. The van der Waals surface area contributed by atoms with Crippen LogP contribution in [0, 0.1) is 12.7 Å². The molecule has 3 heteroatoms. The van der Waals surface area contributed by atoms with Crippen LogP contribution < -0.4 is 5.32 Å². The highest BCUT2D eigenvalue weighted by Crippen LogP contribution is 2.28. The zero-order chi connectivity index (χ0) is 16.2. The van der Waals surface area contributed by atoms with Crippen molar-refractivity contribution in [2.45, 2.75) is 6.92 Å². The first kappa shape index (κ1) is 15.0. The normalized spacial score (nSPS) is 10.3. The van der Waals surface area contributed by atoms with Gasteiger partial charge in [0.2, 0.25) is 0 Å². The molecule has 0 fully saturated rings. The van der Waals surface area contributed by atoms with Gasteiger partial charge in [0.25, 0.3) is 0 Å². The van der Waals surface area contributed by atoms with E-state index in [2.05, 4.69) is 11.4 Å². The molecular formula is C20H16FNO. The molecule has 0 bridgehead atoms. The molecule has 1 N–H and O–H groups in total. The van der Waals surface area contributed by atoms with Crippen molar-refractivity contribution in [1.82, 2.24) is 0 Å². The van der Waals surface area contributed by atoms with Crippen LogP contribution in [0.5, 0.6) is 0 Å². The molecule has 0 saturated heterocycles. The smallest absolute Gasteiger partial charge is 0.152 e. The van der Waals surface area contributed by atoms with Crippen LogP contribution in [0.2, 0.25) is 0 Å². The van der Waals surface area contributed by atoms with Crippen molar-refractivity contribution < 1.29 is 9.18 Å². The van der Waals surface area contributed by atoms with Crippen LogP contribution >= 0.6 is 0 Å². The van der Waals surface area contributed by atoms with Gasteiger partial charge in [-0.3, -0.25) is 4.79 Å². The molecule has 3 aromatic rings. The number of hydrogen-bond acceptors (Lipinski definition) is 2. The summed E-state index contributed by atoms with van der Waals surface area (Å²) in [6, 6.07) is 19.9. The van der Waals surface area contributed by atoms with E-state index >= 15 is 0 Å². The number of carbonyl (C=O) groups is 1. The van der Waals surface area contributed by atoms with Gasteiger partial charge in [0.1, 0.15) is 5.82 Å². The molecule has 0 saturated carbocycles. The van der Waals surface area contributed by atoms with E-state index in [-0.39, 0.29) is 5.82 Å². The molecule has 0 aliphatic heterocycles. The van der Waals surface area contributed by atoms with Gasteiger partial charge in [-0.05, 0) is 54.4 Å². The Hall–Kier alpha value is -2.94. The molecule has 3 aromatic carbocycles. The van der Waals surface area contributed by atoms with Crippen molar-refractivity contribution in [3.63, 3.8) is 0 Å². The summed E-state index contributed by atoms with van der Waals surface area (Å²) in [5, 5.41) is 3.18. The Balaban J connectivity index is 1.99. The minimum Gasteiger partial charge on any atom is -0.355 e. The van der Waals surface area contributed by atoms with Crippen LogP contribution in [-0.2, 0) is 0 Å². The number of aldehydes is 1. The quantitative estimate of drug-likeness (QED) is 0.658. The molecule has 3 rings (SSSR count). The maximum Gasteiger partial charge on any atom is 0.152 e. The Morgan fingerprint density at radius 1 is 0.913 bits per heavy atom. The van der Waals surface area contributed by atoms with E-state index < -0.39 is 0 Å². The van der Waals surface area contributed by atoms with Crippen LogP contribution in [0.1, 0.15) is 15.9 Å². The molecule has 0 aliphatic carbocycles. The Labute approximate surface area is 134 Å². The Kier molecular flexibility index (Phi) is 4.20. The fourth-order valence-electron chi connectivity index (χ4n) is 2.46. The SMILES string of the molecule is Cc1cccc(-c2ccc(C=O)c(Nc3ccc(F)cc3)c2)c1. The topological polar surface area (TPSA) is 29.1 Å². The summed E-state index contributed by atoms with van der Waals surface area (Å²) >= 11 is 0. The lowest BCUT2D eigenvalue weighted by Crippen LogP contribution is -1.96. The second-order valence-electron chi connectivity index (χ2n) is 5.42. The van der Waals surface area contributed by atoms with Crippen LogP contribution in [0.25, 0.3) is 11.1 Å². The van der Waals surface area contributed by atoms with Gasteiger partial charge in [-0.1, -0.05) is 35.9 Å². The standard InChI is InChI=1S/C20H16FNO/c1-14-3-2-4-15(11-14)16-5-6-17(13-23)20(12-16)22-19-9-7-18(21)8-10-19/h2-13,22H,1H3. The van der Waals surface area contributed by atoms with E-state index in [4.69, 9.17) is 0 Å². The first-order valence-corrected chi connectivity index (χ1v) is 7.34. The summed E-state index contributed by atoms with van der Waals surface area (Å²) in [5.74, 6) is -0.292. The molecule has 23 heavy (non-hydrogen) atoms. The van der Waals surface area contributed by atoms with E-state index in [1.807, 2.05) is 37.3 Å². The third-order valence-electron chi connectivity index (χ3n) is 3.65. The number of benzene rings is 3. The van der Waals surface area contributed by atoms with E-state index in [1.165, 1.54) is 17.7 Å². The molecule has 2 nitrogen and oxygen atoms in total. The lowest BCUT2D eigenvalue weighted by Gasteiger charge is -2.12. The van der Waals surface area contributed by atoms with Gasteiger partial charge in [0.15, 0.2) is 6.29 Å². The third-order valence-corrected chi connectivity index (χ3v) is 3.65. The monoisotopic (exact) mass is 305 g/mol. The Morgan fingerprint density at radius 3 is 2.35 bits per heavy atom.